The summed E-state index contributed by atoms with van der Waals surface area (Å²) in [6, 6.07) is 11.4. The summed E-state index contributed by atoms with van der Waals surface area (Å²) in [5.74, 6) is -1.10. The number of rotatable bonds is 3. The number of nitrogens with zero attached hydrogens (tertiary/aromatic N) is 1. The molecule has 0 atom stereocenters. The van der Waals surface area contributed by atoms with Gasteiger partial charge in [0.25, 0.3) is 0 Å². The van der Waals surface area contributed by atoms with Crippen LogP contribution in [0.4, 0.5) is 5.69 Å². The lowest BCUT2D eigenvalue weighted by atomic mass is 10.2. The molecule has 0 saturated carbocycles. The Bertz CT molecular complexity index is 700. The first-order chi connectivity index (χ1) is 9.78. The quantitative estimate of drug-likeness (QED) is 0.905. The molecule has 2 aromatic rings. The Morgan fingerprint density at radius 1 is 1.19 bits per heavy atom. The molecule has 1 aromatic carbocycles. The summed E-state index contributed by atoms with van der Waals surface area (Å²) in [4.78, 5) is 14.5. The molecule has 6 nitrogen and oxygen atoms in total. The van der Waals surface area contributed by atoms with Gasteiger partial charge in [-0.3, -0.25) is 9.71 Å². The lowest BCUT2D eigenvalue weighted by Gasteiger charge is -2.03. The van der Waals surface area contributed by atoms with Gasteiger partial charge in [0, 0.05) is 17.6 Å². The van der Waals surface area contributed by atoms with E-state index >= 15 is 0 Å². The minimum Gasteiger partial charge on any atom is -0.478 e. The average molecular weight is 308 g/mol. The van der Waals surface area contributed by atoms with Crippen LogP contribution in [0.5, 0.6) is 0 Å². The lowest BCUT2D eigenvalue weighted by molar-refractivity contribution is 0.0697. The summed E-state index contributed by atoms with van der Waals surface area (Å²) in [6.45, 7) is 1.97. The fourth-order valence-electron chi connectivity index (χ4n) is 1.38. The van der Waals surface area contributed by atoms with Gasteiger partial charge >= 0.3 is 5.97 Å². The minimum atomic E-state index is -3.36. The first kappa shape index (κ1) is 16.6. The van der Waals surface area contributed by atoms with Gasteiger partial charge in [-0.25, -0.2) is 13.2 Å². The van der Waals surface area contributed by atoms with Gasteiger partial charge < -0.3 is 5.11 Å². The van der Waals surface area contributed by atoms with Crippen LogP contribution in [0.1, 0.15) is 16.1 Å². The third kappa shape index (κ3) is 7.07. The van der Waals surface area contributed by atoms with E-state index in [4.69, 9.17) is 5.11 Å². The van der Waals surface area contributed by atoms with Gasteiger partial charge in [0.2, 0.25) is 10.0 Å². The number of aromatic nitrogens is 1. The Balaban J connectivity index is 0.000000262. The van der Waals surface area contributed by atoms with E-state index in [-0.39, 0.29) is 11.3 Å². The van der Waals surface area contributed by atoms with Crippen molar-refractivity contribution in [3.8, 4) is 0 Å². The first-order valence-corrected chi connectivity index (χ1v) is 7.86. The number of nitrogens with one attached hydrogen (secondary N) is 1. The van der Waals surface area contributed by atoms with E-state index in [1.807, 2.05) is 25.1 Å². The van der Waals surface area contributed by atoms with Crippen molar-refractivity contribution in [3.05, 3.63) is 59.9 Å². The normalized spacial score (nSPS) is 10.2. The van der Waals surface area contributed by atoms with Gasteiger partial charge in [-0.1, -0.05) is 12.1 Å². The Morgan fingerprint density at radius 2 is 1.90 bits per heavy atom. The molecule has 0 saturated heterocycles. The monoisotopic (exact) mass is 308 g/mol. The number of carbonyl (C=O) groups is 1. The van der Waals surface area contributed by atoms with Gasteiger partial charge in [-0.15, -0.1) is 0 Å². The molecular weight excluding hydrogens is 292 g/mol. The molecule has 0 aliphatic carbocycles. The summed E-state index contributed by atoms with van der Waals surface area (Å²) in [6.07, 6.45) is 2.79. The number of aryl methyl sites for hydroxylation is 1. The lowest BCUT2D eigenvalue weighted by Crippen LogP contribution is -2.10. The number of hydrogen-bond donors (Lipinski definition) is 2. The molecule has 0 unspecified atom stereocenters. The Labute approximate surface area is 123 Å². The highest BCUT2D eigenvalue weighted by atomic mass is 32.2. The average Bonchev–Trinajstić information content (AvgIpc) is 2.38. The van der Waals surface area contributed by atoms with E-state index in [2.05, 4.69) is 9.71 Å². The second kappa shape index (κ2) is 7.39. The summed E-state index contributed by atoms with van der Waals surface area (Å²) in [5.41, 5.74) is 1.36. The van der Waals surface area contributed by atoms with Crippen molar-refractivity contribution in [2.45, 2.75) is 6.92 Å². The van der Waals surface area contributed by atoms with E-state index in [1.54, 1.807) is 6.20 Å². The molecule has 0 aliphatic rings. The number of sulfonamides is 1. The molecule has 0 spiro atoms. The van der Waals surface area contributed by atoms with E-state index in [0.29, 0.717) is 0 Å². The second-order valence-electron chi connectivity index (χ2n) is 4.23. The Morgan fingerprint density at radius 3 is 2.33 bits per heavy atom. The maximum Gasteiger partial charge on any atom is 0.335 e. The van der Waals surface area contributed by atoms with Crippen LogP contribution in [-0.4, -0.2) is 30.7 Å². The molecule has 0 bridgehead atoms. The molecule has 0 aliphatic heterocycles. The van der Waals surface area contributed by atoms with Gasteiger partial charge in [0.15, 0.2) is 0 Å². The molecule has 0 radical (unpaired) electrons. The molecule has 1 heterocycles. The zero-order valence-corrected chi connectivity index (χ0v) is 12.5. The molecule has 2 N–H and O–H groups in total. The van der Waals surface area contributed by atoms with Crippen LogP contribution in [0.2, 0.25) is 0 Å². The third-order valence-corrected chi connectivity index (χ3v) is 2.83. The topological polar surface area (TPSA) is 96.4 Å². The first-order valence-electron chi connectivity index (χ1n) is 5.97. The van der Waals surface area contributed by atoms with Crippen LogP contribution in [0, 0.1) is 6.92 Å². The maximum atomic E-state index is 10.8. The van der Waals surface area contributed by atoms with Gasteiger partial charge in [-0.05, 0) is 37.3 Å². The smallest absolute Gasteiger partial charge is 0.335 e. The zero-order chi connectivity index (χ0) is 15.9. The van der Waals surface area contributed by atoms with Gasteiger partial charge in [0.05, 0.1) is 11.8 Å². The van der Waals surface area contributed by atoms with Crippen LogP contribution >= 0.6 is 0 Å². The van der Waals surface area contributed by atoms with Gasteiger partial charge in [0.1, 0.15) is 0 Å². The van der Waals surface area contributed by atoms with E-state index < -0.39 is 16.0 Å². The van der Waals surface area contributed by atoms with E-state index in [1.165, 1.54) is 24.3 Å². The second-order valence-corrected chi connectivity index (χ2v) is 5.98. The van der Waals surface area contributed by atoms with E-state index in [9.17, 15) is 13.2 Å². The van der Waals surface area contributed by atoms with Crippen molar-refractivity contribution >= 4 is 21.7 Å². The number of aromatic carboxylic acids is 1. The molecule has 0 amide bonds. The summed E-state index contributed by atoms with van der Waals surface area (Å²) in [5, 5.41) is 8.63. The van der Waals surface area contributed by atoms with Crippen LogP contribution in [0.15, 0.2) is 48.7 Å². The minimum absolute atomic E-state index is 0.0404. The van der Waals surface area contributed by atoms with Gasteiger partial charge in [-0.2, -0.15) is 0 Å². The number of benzene rings is 1. The molecule has 0 fully saturated rings. The highest BCUT2D eigenvalue weighted by molar-refractivity contribution is 7.92. The van der Waals surface area contributed by atoms with Crippen LogP contribution in [0.3, 0.4) is 0 Å². The van der Waals surface area contributed by atoms with Crippen LogP contribution in [0.25, 0.3) is 0 Å². The highest BCUT2D eigenvalue weighted by Gasteiger charge is 2.05. The predicted molar refractivity (Wildman–Crippen MR) is 80.8 cm³/mol. The number of carboxylic acids is 1. The number of pyridine rings is 1. The third-order valence-electron chi connectivity index (χ3n) is 2.23. The van der Waals surface area contributed by atoms with Crippen LogP contribution in [-0.2, 0) is 10.0 Å². The summed E-state index contributed by atoms with van der Waals surface area (Å²) in [7, 11) is -3.36. The van der Waals surface area contributed by atoms with Crippen molar-refractivity contribution in [2.75, 3.05) is 11.0 Å². The Kier molecular flexibility index (Phi) is 5.86. The SMILES string of the molecule is CS(=O)(=O)Nc1cccc(C(=O)O)c1.Cc1ccccn1. The molecule has 7 heteroatoms. The highest BCUT2D eigenvalue weighted by Crippen LogP contribution is 2.11. The molecule has 112 valence electrons. The van der Waals surface area contributed by atoms with Crippen molar-refractivity contribution in [1.29, 1.82) is 0 Å². The number of hydrogen-bond acceptors (Lipinski definition) is 4. The molecular formula is C14H16N2O4S. The van der Waals surface area contributed by atoms with Crippen molar-refractivity contribution in [3.63, 3.8) is 0 Å². The predicted octanol–water partition coefficient (Wildman–Crippen LogP) is 2.15. The number of anilines is 1. The van der Waals surface area contributed by atoms with Crippen LogP contribution < -0.4 is 4.72 Å². The van der Waals surface area contributed by atoms with E-state index in [0.717, 1.165) is 11.9 Å². The fraction of sp³-hybridized carbons (Fsp3) is 0.143. The molecule has 1 aromatic heterocycles. The summed E-state index contributed by atoms with van der Waals surface area (Å²) < 4.78 is 23.8. The maximum absolute atomic E-state index is 10.8. The van der Waals surface area contributed by atoms with Crippen molar-refractivity contribution in [1.82, 2.24) is 4.98 Å². The standard InChI is InChI=1S/C8H9NO4S.C6H7N/c1-14(12,13)9-7-4-2-3-6(5-7)8(10)11;1-6-4-2-3-5-7-6/h2-5,9H,1H3,(H,10,11);2-5H,1H3. The Hall–Kier alpha value is -2.41. The molecule has 21 heavy (non-hydrogen) atoms. The van der Waals surface area contributed by atoms with Crippen molar-refractivity contribution < 1.29 is 18.3 Å². The summed E-state index contributed by atoms with van der Waals surface area (Å²) >= 11 is 0. The zero-order valence-electron chi connectivity index (χ0n) is 11.6. The fourth-order valence-corrected chi connectivity index (χ4v) is 1.93. The largest absolute Gasteiger partial charge is 0.478 e. The van der Waals surface area contributed by atoms with Crippen molar-refractivity contribution in [2.24, 2.45) is 0 Å². The number of carboxylic acid groups (broad SMARTS) is 1. The molecule has 2 rings (SSSR count).